The summed E-state index contributed by atoms with van der Waals surface area (Å²) >= 11 is 0. The van der Waals surface area contributed by atoms with Crippen molar-refractivity contribution in [2.45, 2.75) is 31.8 Å². The summed E-state index contributed by atoms with van der Waals surface area (Å²) < 4.78 is 0. The molecule has 0 bridgehead atoms. The summed E-state index contributed by atoms with van der Waals surface area (Å²) in [5.74, 6) is 0.0814. The van der Waals surface area contributed by atoms with Gasteiger partial charge in [0.15, 0.2) is 0 Å². The number of hydroxylamine groups is 1. The highest BCUT2D eigenvalue weighted by Gasteiger charge is 2.21. The summed E-state index contributed by atoms with van der Waals surface area (Å²) in [7, 11) is 0. The third-order valence-electron chi connectivity index (χ3n) is 6.16. The first-order valence-electron chi connectivity index (χ1n) is 11.4. The number of para-hydroxylation sites is 2. The number of benzene rings is 3. The van der Waals surface area contributed by atoms with Gasteiger partial charge in [-0.1, -0.05) is 66.7 Å². The SMILES string of the molecule is O=C(CCCC(c1c[nH]c2ccccc12)c1c[nH]c2ccccc12)NOCc1ccccc1. The number of aromatic amines is 2. The lowest BCUT2D eigenvalue weighted by atomic mass is 9.86. The van der Waals surface area contributed by atoms with E-state index in [2.05, 4.69) is 64.2 Å². The van der Waals surface area contributed by atoms with Crippen molar-refractivity contribution in [2.24, 2.45) is 0 Å². The lowest BCUT2D eigenvalue weighted by Gasteiger charge is -2.17. The largest absolute Gasteiger partial charge is 0.361 e. The lowest BCUT2D eigenvalue weighted by molar-refractivity contribution is -0.134. The van der Waals surface area contributed by atoms with Crippen molar-refractivity contribution in [1.29, 1.82) is 0 Å². The maximum atomic E-state index is 12.4. The Labute approximate surface area is 192 Å². The number of fused-ring (bicyclic) bond motifs is 2. The van der Waals surface area contributed by atoms with Gasteiger partial charge in [0.05, 0.1) is 6.61 Å². The number of hydrogen-bond acceptors (Lipinski definition) is 2. The van der Waals surface area contributed by atoms with E-state index in [0.717, 1.165) is 29.4 Å². The Morgan fingerprint density at radius 3 is 2.00 bits per heavy atom. The molecule has 3 aromatic carbocycles. The van der Waals surface area contributed by atoms with E-state index < -0.39 is 0 Å². The standard InChI is InChI=1S/C28H27N3O2/c32-28(31-33-19-20-9-2-1-3-10-20)16-8-13-21(24-17-29-26-14-6-4-11-22(24)26)25-18-30-27-15-7-5-12-23(25)27/h1-7,9-12,14-15,17-18,21,29-30H,8,13,16,19H2,(H,31,32). The molecule has 5 aromatic rings. The summed E-state index contributed by atoms with van der Waals surface area (Å²) in [5.41, 5.74) is 8.39. The second kappa shape index (κ2) is 9.76. The summed E-state index contributed by atoms with van der Waals surface area (Å²) in [6.07, 6.45) is 6.25. The number of aromatic nitrogens is 2. The number of carbonyl (C=O) groups excluding carboxylic acids is 1. The maximum absolute atomic E-state index is 12.4. The van der Waals surface area contributed by atoms with Gasteiger partial charge >= 0.3 is 0 Å². The average molecular weight is 438 g/mol. The van der Waals surface area contributed by atoms with Gasteiger partial charge in [0.25, 0.3) is 0 Å². The van der Waals surface area contributed by atoms with Crippen molar-refractivity contribution in [3.63, 3.8) is 0 Å². The summed E-state index contributed by atoms with van der Waals surface area (Å²) in [6.45, 7) is 0.361. The van der Waals surface area contributed by atoms with Gasteiger partial charge in [0.1, 0.15) is 0 Å². The van der Waals surface area contributed by atoms with Gasteiger partial charge in [0, 0.05) is 46.5 Å². The topological polar surface area (TPSA) is 69.9 Å². The van der Waals surface area contributed by atoms with Crippen molar-refractivity contribution < 1.29 is 9.63 Å². The minimum absolute atomic E-state index is 0.0949. The Bertz CT molecular complexity index is 1280. The van der Waals surface area contributed by atoms with Crippen LogP contribution in [0.4, 0.5) is 0 Å². The van der Waals surface area contributed by atoms with E-state index in [9.17, 15) is 4.79 Å². The Hall–Kier alpha value is -3.83. The highest BCUT2D eigenvalue weighted by molar-refractivity contribution is 5.88. The normalized spacial score (nSPS) is 11.4. The molecule has 166 valence electrons. The van der Waals surface area contributed by atoms with Crippen LogP contribution in [0.25, 0.3) is 21.8 Å². The van der Waals surface area contributed by atoms with Gasteiger partial charge in [-0.2, -0.15) is 0 Å². The molecule has 0 atom stereocenters. The van der Waals surface area contributed by atoms with Crippen molar-refractivity contribution in [3.8, 4) is 0 Å². The number of H-pyrrole nitrogens is 2. The summed E-state index contributed by atoms with van der Waals surface area (Å²) in [6, 6.07) is 26.6. The van der Waals surface area contributed by atoms with Crippen LogP contribution in [-0.4, -0.2) is 15.9 Å². The van der Waals surface area contributed by atoms with Crippen LogP contribution >= 0.6 is 0 Å². The molecule has 5 rings (SSSR count). The first kappa shape index (κ1) is 21.0. The van der Waals surface area contributed by atoms with Crippen LogP contribution in [-0.2, 0) is 16.2 Å². The zero-order chi connectivity index (χ0) is 22.5. The van der Waals surface area contributed by atoms with Gasteiger partial charge in [-0.25, -0.2) is 5.48 Å². The van der Waals surface area contributed by atoms with Crippen LogP contribution in [0.2, 0.25) is 0 Å². The second-order valence-corrected chi connectivity index (χ2v) is 8.32. The molecular weight excluding hydrogens is 410 g/mol. The molecule has 3 N–H and O–H groups in total. The fourth-order valence-corrected chi connectivity index (χ4v) is 4.53. The van der Waals surface area contributed by atoms with Crippen LogP contribution in [0.1, 0.15) is 41.9 Å². The zero-order valence-corrected chi connectivity index (χ0v) is 18.4. The van der Waals surface area contributed by atoms with Gasteiger partial charge in [-0.3, -0.25) is 9.63 Å². The van der Waals surface area contributed by atoms with Crippen molar-refractivity contribution in [1.82, 2.24) is 15.4 Å². The zero-order valence-electron chi connectivity index (χ0n) is 18.4. The molecule has 5 heteroatoms. The maximum Gasteiger partial charge on any atom is 0.243 e. The Morgan fingerprint density at radius 2 is 1.36 bits per heavy atom. The highest BCUT2D eigenvalue weighted by atomic mass is 16.6. The predicted molar refractivity (Wildman–Crippen MR) is 132 cm³/mol. The van der Waals surface area contributed by atoms with Crippen molar-refractivity contribution >= 4 is 27.7 Å². The van der Waals surface area contributed by atoms with Crippen molar-refractivity contribution in [2.75, 3.05) is 0 Å². The Morgan fingerprint density at radius 1 is 0.788 bits per heavy atom. The number of nitrogens with one attached hydrogen (secondary N) is 3. The van der Waals surface area contributed by atoms with E-state index in [4.69, 9.17) is 4.84 Å². The van der Waals surface area contributed by atoms with Crippen LogP contribution in [0.5, 0.6) is 0 Å². The first-order valence-corrected chi connectivity index (χ1v) is 11.4. The predicted octanol–water partition coefficient (Wildman–Crippen LogP) is 6.20. The molecule has 0 aliphatic carbocycles. The average Bonchev–Trinajstić information content (AvgIpc) is 3.47. The molecule has 0 unspecified atom stereocenters. The Kier molecular flexibility index (Phi) is 6.22. The Balaban J connectivity index is 1.29. The molecule has 0 radical (unpaired) electrons. The molecule has 0 saturated heterocycles. The van der Waals surface area contributed by atoms with E-state index >= 15 is 0 Å². The minimum atomic E-state index is -0.0949. The molecule has 2 aromatic heterocycles. The van der Waals surface area contributed by atoms with E-state index in [0.29, 0.717) is 13.0 Å². The molecule has 0 spiro atoms. The molecule has 33 heavy (non-hydrogen) atoms. The van der Waals surface area contributed by atoms with Crippen LogP contribution in [0.3, 0.4) is 0 Å². The molecule has 5 nitrogen and oxygen atoms in total. The number of hydrogen-bond donors (Lipinski definition) is 3. The number of rotatable bonds is 9. The van der Waals surface area contributed by atoms with E-state index in [1.807, 2.05) is 42.5 Å². The molecule has 0 aliphatic heterocycles. The van der Waals surface area contributed by atoms with Gasteiger partial charge in [-0.05, 0) is 41.7 Å². The van der Waals surface area contributed by atoms with Crippen LogP contribution in [0.15, 0.2) is 91.3 Å². The van der Waals surface area contributed by atoms with E-state index in [1.54, 1.807) is 0 Å². The van der Waals surface area contributed by atoms with Gasteiger partial charge in [0.2, 0.25) is 5.91 Å². The number of amides is 1. The number of carbonyl (C=O) groups is 1. The van der Waals surface area contributed by atoms with Gasteiger partial charge < -0.3 is 9.97 Å². The molecule has 0 fully saturated rings. The lowest BCUT2D eigenvalue weighted by Crippen LogP contribution is -2.23. The fourth-order valence-electron chi connectivity index (χ4n) is 4.53. The smallest absolute Gasteiger partial charge is 0.243 e. The monoisotopic (exact) mass is 437 g/mol. The van der Waals surface area contributed by atoms with E-state index in [-0.39, 0.29) is 11.8 Å². The molecule has 0 aliphatic rings. The van der Waals surface area contributed by atoms with Crippen molar-refractivity contribution in [3.05, 3.63) is 108 Å². The molecule has 1 amide bonds. The molecule has 2 heterocycles. The first-order chi connectivity index (χ1) is 16.3. The summed E-state index contributed by atoms with van der Waals surface area (Å²) in [5, 5.41) is 2.45. The molecule has 0 saturated carbocycles. The third-order valence-corrected chi connectivity index (χ3v) is 6.16. The van der Waals surface area contributed by atoms with Gasteiger partial charge in [-0.15, -0.1) is 0 Å². The third kappa shape index (κ3) is 4.69. The second-order valence-electron chi connectivity index (χ2n) is 8.32. The minimum Gasteiger partial charge on any atom is -0.361 e. The molecular formula is C28H27N3O2. The van der Waals surface area contributed by atoms with E-state index in [1.165, 1.54) is 21.9 Å². The fraction of sp³-hybridized carbons (Fsp3) is 0.179. The highest BCUT2D eigenvalue weighted by Crippen LogP contribution is 2.37. The quantitative estimate of drug-likeness (QED) is 0.240. The summed E-state index contributed by atoms with van der Waals surface area (Å²) in [4.78, 5) is 24.6. The van der Waals surface area contributed by atoms with Crippen LogP contribution in [0, 0.1) is 0 Å². The van der Waals surface area contributed by atoms with Crippen LogP contribution < -0.4 is 5.48 Å².